The molecular formula is C16H22N2O5. The molecule has 0 fully saturated rings. The lowest BCUT2D eigenvalue weighted by atomic mass is 10.1. The molecule has 0 saturated carbocycles. The lowest BCUT2D eigenvalue weighted by Gasteiger charge is -2.16. The quantitative estimate of drug-likeness (QED) is 0.326. The van der Waals surface area contributed by atoms with Gasteiger partial charge in [0, 0.05) is 17.7 Å². The summed E-state index contributed by atoms with van der Waals surface area (Å²) in [5.74, 6) is -1.04. The summed E-state index contributed by atoms with van der Waals surface area (Å²) in [6.07, 6.45) is 4.38. The molecule has 0 aliphatic rings. The number of nitro benzene ring substituents is 1. The van der Waals surface area contributed by atoms with E-state index in [4.69, 9.17) is 4.74 Å². The summed E-state index contributed by atoms with van der Waals surface area (Å²) in [7, 11) is 1.26. The normalized spacial score (nSPS) is 11.6. The number of methoxy groups -OCH3 is 1. The zero-order chi connectivity index (χ0) is 17.2. The molecule has 1 aromatic carbocycles. The van der Waals surface area contributed by atoms with Crippen molar-refractivity contribution in [2.75, 3.05) is 7.11 Å². The molecule has 0 radical (unpaired) electrons. The smallest absolute Gasteiger partial charge is 0.328 e. The van der Waals surface area contributed by atoms with Crippen molar-refractivity contribution in [2.45, 2.75) is 45.1 Å². The monoisotopic (exact) mass is 322 g/mol. The minimum atomic E-state index is -0.747. The van der Waals surface area contributed by atoms with Crippen molar-refractivity contribution in [1.29, 1.82) is 0 Å². The van der Waals surface area contributed by atoms with Crippen molar-refractivity contribution in [3.05, 3.63) is 39.9 Å². The van der Waals surface area contributed by atoms with Gasteiger partial charge in [-0.2, -0.15) is 0 Å². The van der Waals surface area contributed by atoms with Crippen LogP contribution >= 0.6 is 0 Å². The van der Waals surface area contributed by atoms with Gasteiger partial charge in [-0.25, -0.2) is 4.79 Å². The summed E-state index contributed by atoms with van der Waals surface area (Å²) < 4.78 is 4.71. The number of nitrogens with zero attached hydrogens (tertiary/aromatic N) is 1. The molecule has 1 N–H and O–H groups in total. The number of hydrogen-bond donors (Lipinski definition) is 1. The van der Waals surface area contributed by atoms with Crippen molar-refractivity contribution < 1.29 is 19.2 Å². The van der Waals surface area contributed by atoms with Crippen molar-refractivity contribution in [1.82, 2.24) is 5.32 Å². The summed E-state index contributed by atoms with van der Waals surface area (Å²) in [5, 5.41) is 13.3. The number of nitro groups is 1. The van der Waals surface area contributed by atoms with Crippen molar-refractivity contribution in [3.8, 4) is 0 Å². The standard InChI is InChI=1S/C16H22N2O5/c1-3-4-5-6-10-14(16(20)23-2)17-15(19)12-8-7-9-13(11-12)18(21)22/h7-9,11,14H,3-6,10H2,1-2H3,(H,17,19)/t14-/m1/s1. The van der Waals surface area contributed by atoms with Gasteiger partial charge in [-0.05, 0) is 12.5 Å². The molecule has 1 aromatic rings. The van der Waals surface area contributed by atoms with Crippen LogP contribution in [-0.4, -0.2) is 30.0 Å². The topological polar surface area (TPSA) is 98.5 Å². The largest absolute Gasteiger partial charge is 0.467 e. The van der Waals surface area contributed by atoms with Crippen LogP contribution in [0.2, 0.25) is 0 Å². The van der Waals surface area contributed by atoms with Gasteiger partial charge in [-0.3, -0.25) is 14.9 Å². The first-order valence-corrected chi connectivity index (χ1v) is 7.62. The van der Waals surface area contributed by atoms with Crippen LogP contribution in [0.25, 0.3) is 0 Å². The second-order valence-electron chi connectivity index (χ2n) is 5.21. The van der Waals surface area contributed by atoms with E-state index in [0.717, 1.165) is 25.7 Å². The van der Waals surface area contributed by atoms with Gasteiger partial charge in [0.2, 0.25) is 0 Å². The summed E-state index contributed by atoms with van der Waals surface area (Å²) >= 11 is 0. The maximum atomic E-state index is 12.2. The SMILES string of the molecule is CCCCCC[C@@H](NC(=O)c1cccc([N+](=O)[O-])c1)C(=O)OC. The van der Waals surface area contributed by atoms with E-state index in [-0.39, 0.29) is 11.3 Å². The second kappa shape index (κ2) is 9.55. The highest BCUT2D eigenvalue weighted by Crippen LogP contribution is 2.14. The van der Waals surface area contributed by atoms with Crippen LogP contribution in [0.3, 0.4) is 0 Å². The minimum Gasteiger partial charge on any atom is -0.467 e. The summed E-state index contributed by atoms with van der Waals surface area (Å²) in [6, 6.07) is 4.64. The Bertz CT molecular complexity index is 559. The highest BCUT2D eigenvalue weighted by molar-refractivity contribution is 5.97. The van der Waals surface area contributed by atoms with Gasteiger partial charge in [-0.15, -0.1) is 0 Å². The van der Waals surface area contributed by atoms with Crippen LogP contribution in [0, 0.1) is 10.1 Å². The van der Waals surface area contributed by atoms with Gasteiger partial charge in [-0.1, -0.05) is 38.7 Å². The molecule has 0 aliphatic carbocycles. The number of ether oxygens (including phenoxy) is 1. The molecule has 0 saturated heterocycles. The molecular weight excluding hydrogens is 300 g/mol. The van der Waals surface area contributed by atoms with Crippen LogP contribution in [0.1, 0.15) is 49.4 Å². The molecule has 0 unspecified atom stereocenters. The summed E-state index contributed by atoms with van der Waals surface area (Å²) in [6.45, 7) is 2.09. The molecule has 23 heavy (non-hydrogen) atoms. The molecule has 0 bridgehead atoms. The number of esters is 1. The van der Waals surface area contributed by atoms with E-state index in [1.54, 1.807) is 0 Å². The predicted molar refractivity (Wildman–Crippen MR) is 85.1 cm³/mol. The Balaban J connectivity index is 2.74. The highest BCUT2D eigenvalue weighted by Gasteiger charge is 2.22. The third-order valence-electron chi connectivity index (χ3n) is 3.46. The number of non-ortho nitro benzene ring substituents is 1. The number of nitrogens with one attached hydrogen (secondary N) is 1. The Hall–Kier alpha value is -2.44. The molecule has 0 spiro atoms. The Labute approximate surface area is 135 Å². The summed E-state index contributed by atoms with van der Waals surface area (Å²) in [5.41, 5.74) is -0.0307. The fourth-order valence-electron chi connectivity index (χ4n) is 2.17. The molecule has 0 aliphatic heterocycles. The first-order valence-electron chi connectivity index (χ1n) is 7.62. The minimum absolute atomic E-state index is 0.140. The van der Waals surface area contributed by atoms with Crippen molar-refractivity contribution in [3.63, 3.8) is 0 Å². The second-order valence-corrected chi connectivity index (χ2v) is 5.21. The Kier molecular flexibility index (Phi) is 7.73. The van der Waals surface area contributed by atoms with Crippen LogP contribution in [0.4, 0.5) is 5.69 Å². The highest BCUT2D eigenvalue weighted by atomic mass is 16.6. The van der Waals surface area contributed by atoms with E-state index in [1.165, 1.54) is 31.4 Å². The lowest BCUT2D eigenvalue weighted by molar-refractivity contribution is -0.384. The number of benzene rings is 1. The number of unbranched alkanes of at least 4 members (excludes halogenated alkanes) is 3. The van der Waals surface area contributed by atoms with Crippen LogP contribution < -0.4 is 5.32 Å². The van der Waals surface area contributed by atoms with E-state index in [0.29, 0.717) is 6.42 Å². The number of hydrogen-bond acceptors (Lipinski definition) is 5. The molecule has 126 valence electrons. The average Bonchev–Trinajstić information content (AvgIpc) is 2.56. The van der Waals surface area contributed by atoms with Crippen LogP contribution in [0.5, 0.6) is 0 Å². The molecule has 1 atom stereocenters. The van der Waals surface area contributed by atoms with Gasteiger partial charge in [0.1, 0.15) is 6.04 Å². The van der Waals surface area contributed by atoms with Gasteiger partial charge in [0.15, 0.2) is 0 Å². The molecule has 1 amide bonds. The number of rotatable bonds is 9. The first-order chi connectivity index (χ1) is 11.0. The number of carbonyl (C=O) groups is 2. The molecule has 0 heterocycles. The fourth-order valence-corrected chi connectivity index (χ4v) is 2.17. The Morgan fingerprint density at radius 2 is 2.04 bits per heavy atom. The van der Waals surface area contributed by atoms with Gasteiger partial charge < -0.3 is 10.1 Å². The van der Waals surface area contributed by atoms with Crippen molar-refractivity contribution >= 4 is 17.6 Å². The van der Waals surface area contributed by atoms with E-state index in [9.17, 15) is 19.7 Å². The zero-order valence-electron chi connectivity index (χ0n) is 13.4. The Morgan fingerprint density at radius 3 is 2.65 bits per heavy atom. The van der Waals surface area contributed by atoms with Crippen molar-refractivity contribution in [2.24, 2.45) is 0 Å². The predicted octanol–water partition coefficient (Wildman–Crippen LogP) is 2.84. The number of carbonyl (C=O) groups excluding carboxylic acids is 2. The van der Waals surface area contributed by atoms with Gasteiger partial charge >= 0.3 is 5.97 Å². The van der Waals surface area contributed by atoms with E-state index < -0.39 is 22.8 Å². The third kappa shape index (κ3) is 6.06. The zero-order valence-corrected chi connectivity index (χ0v) is 13.4. The van der Waals surface area contributed by atoms with Gasteiger partial charge in [0.05, 0.1) is 12.0 Å². The lowest BCUT2D eigenvalue weighted by Crippen LogP contribution is -2.41. The summed E-state index contributed by atoms with van der Waals surface area (Å²) in [4.78, 5) is 34.2. The van der Waals surface area contributed by atoms with Crippen LogP contribution in [-0.2, 0) is 9.53 Å². The molecule has 1 rings (SSSR count). The fraction of sp³-hybridized carbons (Fsp3) is 0.500. The number of amides is 1. The molecule has 0 aromatic heterocycles. The van der Waals surface area contributed by atoms with E-state index in [1.807, 2.05) is 0 Å². The maximum absolute atomic E-state index is 12.2. The van der Waals surface area contributed by atoms with E-state index in [2.05, 4.69) is 12.2 Å². The third-order valence-corrected chi connectivity index (χ3v) is 3.46. The van der Waals surface area contributed by atoms with Gasteiger partial charge in [0.25, 0.3) is 11.6 Å². The molecule has 7 nitrogen and oxygen atoms in total. The first kappa shape index (κ1) is 18.6. The average molecular weight is 322 g/mol. The van der Waals surface area contributed by atoms with Crippen LogP contribution in [0.15, 0.2) is 24.3 Å². The molecule has 7 heteroatoms. The van der Waals surface area contributed by atoms with E-state index >= 15 is 0 Å². The maximum Gasteiger partial charge on any atom is 0.328 e. The Morgan fingerprint density at radius 1 is 1.30 bits per heavy atom.